The maximum absolute atomic E-state index is 12.7. The van der Waals surface area contributed by atoms with Gasteiger partial charge in [0, 0.05) is 12.3 Å². The highest BCUT2D eigenvalue weighted by Crippen LogP contribution is 2.37. The Labute approximate surface area is 186 Å². The van der Waals surface area contributed by atoms with Crippen LogP contribution in [-0.2, 0) is 6.18 Å². The van der Waals surface area contributed by atoms with Crippen molar-refractivity contribution in [2.75, 3.05) is 5.73 Å². The van der Waals surface area contributed by atoms with Crippen molar-refractivity contribution in [1.82, 2.24) is 14.9 Å². The number of fused-ring (bicyclic) bond motifs is 1. The van der Waals surface area contributed by atoms with Crippen LogP contribution in [0.4, 0.5) is 19.0 Å². The van der Waals surface area contributed by atoms with Gasteiger partial charge in [-0.25, -0.2) is 4.98 Å². The first-order valence-corrected chi connectivity index (χ1v) is 9.34. The van der Waals surface area contributed by atoms with E-state index in [-0.39, 0.29) is 39.3 Å². The van der Waals surface area contributed by atoms with Crippen molar-refractivity contribution in [3.8, 4) is 17.3 Å². The Morgan fingerprint density at radius 2 is 1.75 bits per heavy atom. The first-order chi connectivity index (χ1) is 15.0. The molecule has 3 N–H and O–H groups in total. The van der Waals surface area contributed by atoms with Crippen molar-refractivity contribution in [1.29, 1.82) is 0 Å². The molecule has 3 heterocycles. The van der Waals surface area contributed by atoms with Crippen LogP contribution in [0.25, 0.3) is 5.69 Å². The van der Waals surface area contributed by atoms with Gasteiger partial charge in [0.05, 0.1) is 27.4 Å². The second kappa shape index (κ2) is 7.53. The highest BCUT2D eigenvalue weighted by Gasteiger charge is 2.33. The van der Waals surface area contributed by atoms with E-state index < -0.39 is 34.1 Å². The Hall–Kier alpha value is -3.57. The van der Waals surface area contributed by atoms with Gasteiger partial charge in [0.1, 0.15) is 16.6 Å². The highest BCUT2D eigenvalue weighted by atomic mass is 35.5. The molecular weight excluding hydrogens is 476 g/mol. The van der Waals surface area contributed by atoms with E-state index in [1.807, 2.05) is 5.32 Å². The number of benzene rings is 1. The molecule has 3 aromatic rings. The minimum absolute atomic E-state index is 0.0229. The van der Waals surface area contributed by atoms with Crippen LogP contribution in [0, 0.1) is 0 Å². The summed E-state index contributed by atoms with van der Waals surface area (Å²) >= 11 is 12.0. The van der Waals surface area contributed by atoms with Gasteiger partial charge in [-0.3, -0.25) is 24.3 Å². The molecule has 164 valence electrons. The summed E-state index contributed by atoms with van der Waals surface area (Å²) < 4.78 is 44.6. The molecule has 1 aromatic carbocycles. The van der Waals surface area contributed by atoms with Crippen molar-refractivity contribution in [2.24, 2.45) is 0 Å². The van der Waals surface area contributed by atoms with Crippen LogP contribution in [0.5, 0.6) is 11.6 Å². The number of nitrogens with one attached hydrogen (secondary N) is 1. The molecule has 0 atom stereocenters. The lowest BCUT2D eigenvalue weighted by Gasteiger charge is -2.14. The number of carbonyl (C=O) groups is 2. The number of alkyl halides is 3. The number of rotatable bonds is 3. The number of ether oxygens (including phenoxy) is 1. The number of carbonyl (C=O) groups excluding carboxylic acids is 2. The molecule has 0 saturated heterocycles. The molecule has 32 heavy (non-hydrogen) atoms. The fourth-order valence-electron chi connectivity index (χ4n) is 3.02. The Balaban J connectivity index is 1.70. The van der Waals surface area contributed by atoms with Crippen LogP contribution >= 0.6 is 23.2 Å². The van der Waals surface area contributed by atoms with Crippen molar-refractivity contribution >= 4 is 40.8 Å². The summed E-state index contributed by atoms with van der Waals surface area (Å²) in [7, 11) is 0. The summed E-state index contributed by atoms with van der Waals surface area (Å²) in [6, 6.07) is 5.56. The summed E-state index contributed by atoms with van der Waals surface area (Å²) in [5.41, 5.74) is 4.08. The molecule has 4 rings (SSSR count). The van der Waals surface area contributed by atoms with Gasteiger partial charge in [-0.2, -0.15) is 13.2 Å². The number of halogens is 5. The largest absolute Gasteiger partial charge is 0.436 e. The lowest BCUT2D eigenvalue weighted by Crippen LogP contribution is -2.24. The SMILES string of the molecule is Nc1c2c(cc(=O)n1-c1ccc(Oc3ncc(C(F)(F)F)cc3Cl)c(Cl)c1)C(=O)NC2=O. The van der Waals surface area contributed by atoms with Crippen LogP contribution in [0.3, 0.4) is 0 Å². The van der Waals surface area contributed by atoms with Crippen LogP contribution in [0.2, 0.25) is 10.0 Å². The van der Waals surface area contributed by atoms with Crippen LogP contribution in [0.15, 0.2) is 41.3 Å². The Morgan fingerprint density at radius 1 is 1.03 bits per heavy atom. The van der Waals surface area contributed by atoms with E-state index in [4.69, 9.17) is 33.7 Å². The third-order valence-electron chi connectivity index (χ3n) is 4.47. The molecular formula is C19H9Cl2F3N4O4. The van der Waals surface area contributed by atoms with Crippen molar-refractivity contribution in [2.45, 2.75) is 6.18 Å². The lowest BCUT2D eigenvalue weighted by molar-refractivity contribution is -0.137. The average molecular weight is 485 g/mol. The van der Waals surface area contributed by atoms with Gasteiger partial charge in [-0.1, -0.05) is 23.2 Å². The van der Waals surface area contributed by atoms with Gasteiger partial charge in [0.25, 0.3) is 17.4 Å². The Morgan fingerprint density at radius 3 is 2.38 bits per heavy atom. The maximum atomic E-state index is 12.7. The lowest BCUT2D eigenvalue weighted by atomic mass is 10.1. The topological polar surface area (TPSA) is 116 Å². The van der Waals surface area contributed by atoms with Crippen LogP contribution < -0.4 is 21.3 Å². The number of nitrogens with two attached hydrogens (primary N) is 1. The zero-order valence-electron chi connectivity index (χ0n) is 15.5. The summed E-state index contributed by atoms with van der Waals surface area (Å²) in [6.45, 7) is 0. The summed E-state index contributed by atoms with van der Waals surface area (Å²) in [4.78, 5) is 39.8. The Bertz CT molecular complexity index is 1370. The molecule has 0 aliphatic carbocycles. The van der Waals surface area contributed by atoms with Gasteiger partial charge < -0.3 is 10.5 Å². The second-order valence-electron chi connectivity index (χ2n) is 6.50. The molecule has 0 radical (unpaired) electrons. The van der Waals surface area contributed by atoms with E-state index in [9.17, 15) is 27.6 Å². The predicted octanol–water partition coefficient (Wildman–Crippen LogP) is 3.82. The minimum atomic E-state index is -4.63. The number of amides is 2. The molecule has 8 nitrogen and oxygen atoms in total. The molecule has 0 fully saturated rings. The van der Waals surface area contributed by atoms with Gasteiger partial charge in [-0.15, -0.1) is 0 Å². The molecule has 2 aromatic heterocycles. The number of hydrogen-bond acceptors (Lipinski definition) is 6. The van der Waals surface area contributed by atoms with E-state index in [0.717, 1.165) is 10.6 Å². The van der Waals surface area contributed by atoms with Crippen LogP contribution in [0.1, 0.15) is 26.3 Å². The van der Waals surface area contributed by atoms with Gasteiger partial charge >= 0.3 is 6.18 Å². The van der Waals surface area contributed by atoms with Crippen molar-refractivity contribution in [3.63, 3.8) is 0 Å². The number of hydrogen-bond donors (Lipinski definition) is 2. The third-order valence-corrected chi connectivity index (χ3v) is 5.03. The van der Waals surface area contributed by atoms with Gasteiger partial charge in [0.15, 0.2) is 0 Å². The molecule has 13 heteroatoms. The standard InChI is InChI=1S/C19H9Cl2F3N4O4/c20-10-4-8(28-13(29)5-9-14(15(28)25)17(31)27-16(9)30)1-2-12(10)32-18-11(21)3-7(6-26-18)19(22,23)24/h1-6H,25H2,(H,27,30,31). The van der Waals surface area contributed by atoms with Gasteiger partial charge in [-0.05, 0) is 24.3 Å². The summed E-state index contributed by atoms with van der Waals surface area (Å²) in [5, 5.41) is 1.59. The number of nitrogen functional groups attached to an aromatic ring is 1. The second-order valence-corrected chi connectivity index (χ2v) is 7.32. The normalized spacial score (nSPS) is 13.2. The number of imide groups is 1. The molecule has 1 aliphatic heterocycles. The third kappa shape index (κ3) is 3.65. The van der Waals surface area contributed by atoms with E-state index in [1.54, 1.807) is 0 Å². The monoisotopic (exact) mass is 484 g/mol. The molecule has 0 bridgehead atoms. The predicted molar refractivity (Wildman–Crippen MR) is 108 cm³/mol. The van der Waals surface area contributed by atoms with E-state index in [1.165, 1.54) is 18.2 Å². The average Bonchev–Trinajstić information content (AvgIpc) is 2.97. The van der Waals surface area contributed by atoms with Gasteiger partial charge in [0.2, 0.25) is 5.88 Å². The zero-order valence-corrected chi connectivity index (χ0v) is 17.0. The zero-order chi connectivity index (χ0) is 23.4. The number of nitrogens with zero attached hydrogens (tertiary/aromatic N) is 2. The quantitative estimate of drug-likeness (QED) is 0.546. The van der Waals surface area contributed by atoms with Crippen molar-refractivity contribution in [3.05, 3.63) is 73.6 Å². The van der Waals surface area contributed by atoms with Crippen LogP contribution in [-0.4, -0.2) is 21.4 Å². The fourth-order valence-corrected chi connectivity index (χ4v) is 3.44. The molecule has 0 unspecified atom stereocenters. The van der Waals surface area contributed by atoms with E-state index >= 15 is 0 Å². The summed E-state index contributed by atoms with van der Waals surface area (Å²) in [5.74, 6) is -2.09. The Kier molecular flexibility index (Phi) is 5.10. The number of pyridine rings is 2. The van der Waals surface area contributed by atoms with E-state index in [2.05, 4.69) is 4.98 Å². The first kappa shape index (κ1) is 21.7. The summed E-state index contributed by atoms with van der Waals surface area (Å²) in [6.07, 6.45) is -4.07. The molecule has 2 amide bonds. The smallest absolute Gasteiger partial charge is 0.417 e. The van der Waals surface area contributed by atoms with Crippen molar-refractivity contribution < 1.29 is 27.5 Å². The minimum Gasteiger partial charge on any atom is -0.436 e. The molecule has 0 saturated carbocycles. The maximum Gasteiger partial charge on any atom is 0.417 e. The first-order valence-electron chi connectivity index (χ1n) is 8.59. The fraction of sp³-hybridized carbons (Fsp3) is 0.0526. The molecule has 1 aliphatic rings. The molecule has 0 spiro atoms. The number of aromatic nitrogens is 2. The number of anilines is 1. The van der Waals surface area contributed by atoms with E-state index in [0.29, 0.717) is 12.3 Å². The highest BCUT2D eigenvalue weighted by molar-refractivity contribution is 6.33.